The van der Waals surface area contributed by atoms with Crippen molar-refractivity contribution >= 4 is 6.29 Å². The molecule has 1 heterocycles. The predicted molar refractivity (Wildman–Crippen MR) is 74.2 cm³/mol. The number of carbonyl (C=O) groups is 1. The van der Waals surface area contributed by atoms with E-state index in [1.54, 1.807) is 0 Å². The number of hydrogen-bond donors (Lipinski definition) is 0. The minimum absolute atomic E-state index is 0.440. The van der Waals surface area contributed by atoms with E-state index in [0.29, 0.717) is 5.92 Å². The van der Waals surface area contributed by atoms with Gasteiger partial charge in [0.15, 0.2) is 6.29 Å². The maximum atomic E-state index is 10.9. The number of nitrogens with zero attached hydrogens (tertiary/aromatic N) is 1. The number of rotatable bonds is 4. The van der Waals surface area contributed by atoms with Gasteiger partial charge < -0.3 is 4.57 Å². The van der Waals surface area contributed by atoms with Crippen molar-refractivity contribution in [1.29, 1.82) is 0 Å². The third kappa shape index (κ3) is 2.37. The Balaban J connectivity index is 2.24. The number of carbonyl (C=O) groups excluding carboxylic acids is 1. The molecule has 1 unspecified atom stereocenters. The summed E-state index contributed by atoms with van der Waals surface area (Å²) in [7, 11) is 0. The van der Waals surface area contributed by atoms with Crippen molar-refractivity contribution in [2.45, 2.75) is 33.2 Å². The van der Waals surface area contributed by atoms with Crippen LogP contribution in [0.2, 0.25) is 0 Å². The van der Waals surface area contributed by atoms with Crippen LogP contribution in [0.5, 0.6) is 0 Å². The van der Waals surface area contributed by atoms with Gasteiger partial charge in [0, 0.05) is 23.5 Å². The fraction of sp³-hybridized carbons (Fsp3) is 0.312. The van der Waals surface area contributed by atoms with Gasteiger partial charge in [-0.15, -0.1) is 0 Å². The highest BCUT2D eigenvalue weighted by atomic mass is 16.1. The van der Waals surface area contributed by atoms with Crippen LogP contribution in [-0.2, 0) is 6.54 Å². The first-order chi connectivity index (χ1) is 8.63. The van der Waals surface area contributed by atoms with Crippen LogP contribution in [-0.4, -0.2) is 10.9 Å². The molecule has 1 atom stereocenters. The number of hydrogen-bond acceptors (Lipinski definition) is 1. The molecule has 2 aromatic rings. The summed E-state index contributed by atoms with van der Waals surface area (Å²) in [5.41, 5.74) is 4.34. The molecular formula is C16H19NO. The van der Waals surface area contributed by atoms with Gasteiger partial charge in [0.2, 0.25) is 0 Å². The van der Waals surface area contributed by atoms with E-state index >= 15 is 0 Å². The molecule has 0 aliphatic carbocycles. The number of aldehydes is 1. The first-order valence-electron chi connectivity index (χ1n) is 6.30. The van der Waals surface area contributed by atoms with E-state index in [9.17, 15) is 4.79 Å². The molecule has 2 nitrogen and oxygen atoms in total. The second-order valence-electron chi connectivity index (χ2n) is 4.87. The number of aromatic nitrogens is 1. The van der Waals surface area contributed by atoms with Crippen molar-refractivity contribution in [2.24, 2.45) is 0 Å². The van der Waals surface area contributed by atoms with Crippen LogP contribution in [0.1, 0.15) is 40.2 Å². The van der Waals surface area contributed by atoms with Crippen LogP contribution in [0, 0.1) is 13.8 Å². The van der Waals surface area contributed by atoms with E-state index in [-0.39, 0.29) is 0 Å². The highest BCUT2D eigenvalue weighted by molar-refractivity contribution is 5.77. The third-order valence-electron chi connectivity index (χ3n) is 3.56. The van der Waals surface area contributed by atoms with E-state index < -0.39 is 0 Å². The number of aryl methyl sites for hydroxylation is 1. The van der Waals surface area contributed by atoms with Crippen molar-refractivity contribution < 1.29 is 4.79 Å². The standard InChI is InChI=1S/C16H19NO/c1-12(15-7-5-4-6-8-15)10-17-13(2)9-16(11-18)14(17)3/h4-9,11-12H,10H2,1-3H3. The van der Waals surface area contributed by atoms with E-state index in [2.05, 4.69) is 42.7 Å². The van der Waals surface area contributed by atoms with Gasteiger partial charge >= 0.3 is 0 Å². The van der Waals surface area contributed by atoms with Gasteiger partial charge in [-0.25, -0.2) is 0 Å². The molecule has 2 heteroatoms. The van der Waals surface area contributed by atoms with Crippen LogP contribution in [0.25, 0.3) is 0 Å². The smallest absolute Gasteiger partial charge is 0.151 e. The molecule has 1 aromatic heterocycles. The summed E-state index contributed by atoms with van der Waals surface area (Å²) in [6.07, 6.45) is 0.937. The Bertz CT molecular complexity index is 540. The highest BCUT2D eigenvalue weighted by Gasteiger charge is 2.12. The van der Waals surface area contributed by atoms with Crippen molar-refractivity contribution in [3.63, 3.8) is 0 Å². The van der Waals surface area contributed by atoms with E-state index in [0.717, 1.165) is 29.8 Å². The minimum atomic E-state index is 0.440. The molecule has 1 aromatic carbocycles. The second-order valence-corrected chi connectivity index (χ2v) is 4.87. The molecule has 2 rings (SSSR count). The molecule has 0 radical (unpaired) electrons. The zero-order chi connectivity index (χ0) is 13.1. The highest BCUT2D eigenvalue weighted by Crippen LogP contribution is 2.21. The van der Waals surface area contributed by atoms with Crippen LogP contribution in [0.3, 0.4) is 0 Å². The Labute approximate surface area is 108 Å². The first kappa shape index (κ1) is 12.6. The molecular weight excluding hydrogens is 222 g/mol. The lowest BCUT2D eigenvalue weighted by Crippen LogP contribution is -2.09. The Morgan fingerprint density at radius 3 is 2.44 bits per heavy atom. The lowest BCUT2D eigenvalue weighted by atomic mass is 10.0. The number of benzene rings is 1. The monoisotopic (exact) mass is 241 g/mol. The van der Waals surface area contributed by atoms with E-state index in [1.165, 1.54) is 5.56 Å². The van der Waals surface area contributed by atoms with Crippen LogP contribution in [0.15, 0.2) is 36.4 Å². The van der Waals surface area contributed by atoms with Gasteiger partial charge in [-0.05, 0) is 31.4 Å². The summed E-state index contributed by atoms with van der Waals surface area (Å²) in [6.45, 7) is 7.19. The molecule has 0 N–H and O–H groups in total. The van der Waals surface area contributed by atoms with Crippen LogP contribution in [0.4, 0.5) is 0 Å². The largest absolute Gasteiger partial charge is 0.348 e. The summed E-state index contributed by atoms with van der Waals surface area (Å²) in [4.78, 5) is 10.9. The Hall–Kier alpha value is -1.83. The molecule has 0 aliphatic heterocycles. The summed E-state index contributed by atoms with van der Waals surface area (Å²) in [5.74, 6) is 0.440. The van der Waals surface area contributed by atoms with Gasteiger partial charge in [0.05, 0.1) is 0 Å². The quantitative estimate of drug-likeness (QED) is 0.748. The van der Waals surface area contributed by atoms with E-state index in [1.807, 2.05) is 19.1 Å². The zero-order valence-electron chi connectivity index (χ0n) is 11.2. The van der Waals surface area contributed by atoms with Crippen molar-refractivity contribution in [1.82, 2.24) is 4.57 Å². The van der Waals surface area contributed by atoms with Gasteiger partial charge in [-0.3, -0.25) is 4.79 Å². The normalized spacial score (nSPS) is 12.4. The topological polar surface area (TPSA) is 22.0 Å². The van der Waals surface area contributed by atoms with Gasteiger partial charge in [0.25, 0.3) is 0 Å². The maximum Gasteiger partial charge on any atom is 0.151 e. The van der Waals surface area contributed by atoms with E-state index in [4.69, 9.17) is 0 Å². The molecule has 0 spiro atoms. The Morgan fingerprint density at radius 2 is 1.89 bits per heavy atom. The summed E-state index contributed by atoms with van der Waals surface area (Å²) in [5, 5.41) is 0. The first-order valence-corrected chi connectivity index (χ1v) is 6.30. The van der Waals surface area contributed by atoms with Gasteiger partial charge in [0.1, 0.15) is 0 Å². The molecule has 18 heavy (non-hydrogen) atoms. The third-order valence-corrected chi connectivity index (χ3v) is 3.56. The summed E-state index contributed by atoms with van der Waals surface area (Å²) >= 11 is 0. The molecule has 94 valence electrons. The van der Waals surface area contributed by atoms with Crippen LogP contribution < -0.4 is 0 Å². The van der Waals surface area contributed by atoms with Crippen molar-refractivity contribution in [3.05, 3.63) is 58.9 Å². The predicted octanol–water partition coefficient (Wildman–Crippen LogP) is 3.72. The van der Waals surface area contributed by atoms with Crippen molar-refractivity contribution in [2.75, 3.05) is 0 Å². The Kier molecular flexibility index (Phi) is 3.66. The zero-order valence-corrected chi connectivity index (χ0v) is 11.2. The average molecular weight is 241 g/mol. The fourth-order valence-electron chi connectivity index (χ4n) is 2.39. The Morgan fingerprint density at radius 1 is 1.22 bits per heavy atom. The lowest BCUT2D eigenvalue weighted by Gasteiger charge is -2.16. The fourth-order valence-corrected chi connectivity index (χ4v) is 2.39. The summed E-state index contributed by atoms with van der Waals surface area (Å²) in [6, 6.07) is 12.4. The molecule has 0 saturated heterocycles. The SMILES string of the molecule is Cc1cc(C=O)c(C)n1CC(C)c1ccccc1. The average Bonchev–Trinajstić information content (AvgIpc) is 2.67. The summed E-state index contributed by atoms with van der Waals surface area (Å²) < 4.78 is 2.22. The van der Waals surface area contributed by atoms with Gasteiger partial charge in [-0.2, -0.15) is 0 Å². The molecule has 0 aliphatic rings. The van der Waals surface area contributed by atoms with Crippen molar-refractivity contribution in [3.8, 4) is 0 Å². The van der Waals surface area contributed by atoms with Gasteiger partial charge in [-0.1, -0.05) is 37.3 Å². The second kappa shape index (κ2) is 5.21. The van der Waals surface area contributed by atoms with Crippen LogP contribution >= 0.6 is 0 Å². The molecule has 0 fully saturated rings. The minimum Gasteiger partial charge on any atom is -0.348 e. The molecule has 0 saturated carbocycles. The lowest BCUT2D eigenvalue weighted by molar-refractivity contribution is 0.112. The maximum absolute atomic E-state index is 10.9. The molecule has 0 amide bonds. The molecule has 0 bridgehead atoms.